The Hall–Kier alpha value is -2.61. The maximum Gasteiger partial charge on any atom is 0.408 e. The predicted octanol–water partition coefficient (Wildman–Crippen LogP) is 4.47. The molecule has 0 saturated heterocycles. The molecule has 202 valence electrons. The van der Waals surface area contributed by atoms with Gasteiger partial charge in [0.15, 0.2) is 0 Å². The first-order chi connectivity index (χ1) is 17.2. The van der Waals surface area contributed by atoms with Gasteiger partial charge in [0.2, 0.25) is 11.8 Å². The predicted molar refractivity (Wildman–Crippen MR) is 140 cm³/mol. The molecule has 0 bridgehead atoms. The first-order valence-corrected chi connectivity index (χ1v) is 13.4. The van der Waals surface area contributed by atoms with Gasteiger partial charge in [-0.25, -0.2) is 4.79 Å². The summed E-state index contributed by atoms with van der Waals surface area (Å²) < 4.78 is 5.29. The average Bonchev–Trinajstić information content (AvgIpc) is 2.84. The average molecular weight is 504 g/mol. The number of benzene rings is 1. The zero-order valence-corrected chi connectivity index (χ0v) is 22.4. The smallest absolute Gasteiger partial charge is 0.408 e. The number of alkyl carbamates (subject to hydrolysis) is 1. The lowest BCUT2D eigenvalue weighted by atomic mass is 9.94. The summed E-state index contributed by atoms with van der Waals surface area (Å²) in [4.78, 5) is 41.4. The molecule has 3 amide bonds. The minimum Gasteiger partial charge on any atom is -0.444 e. The van der Waals surface area contributed by atoms with Crippen LogP contribution in [0.3, 0.4) is 0 Å². The first-order valence-electron chi connectivity index (χ1n) is 13.4. The van der Waals surface area contributed by atoms with Gasteiger partial charge in [-0.2, -0.15) is 0 Å². The molecule has 0 heterocycles. The molecule has 8 heteroatoms. The van der Waals surface area contributed by atoms with Crippen molar-refractivity contribution in [1.82, 2.24) is 15.5 Å². The standard InChI is InChI=1S/C28H45N3O5/c1-5-6-7-14-19-31(26(34)23(20-32)30-27(35)36-28(2,3)4)24(21-15-10-8-11-16-21)25(33)29-22-17-12-9-13-18-22/h8,10-11,15-16,22-24,32H,5-7,9,12-14,17-20H2,1-4H3,(H,29,33)(H,30,35). The van der Waals surface area contributed by atoms with Gasteiger partial charge >= 0.3 is 6.09 Å². The first kappa shape index (κ1) is 29.6. The second kappa shape index (κ2) is 14.8. The Morgan fingerprint density at radius 3 is 2.31 bits per heavy atom. The topological polar surface area (TPSA) is 108 Å². The molecule has 1 aliphatic rings. The van der Waals surface area contributed by atoms with E-state index in [1.165, 1.54) is 11.3 Å². The van der Waals surface area contributed by atoms with E-state index in [0.29, 0.717) is 18.5 Å². The van der Waals surface area contributed by atoms with Crippen molar-refractivity contribution in [3.63, 3.8) is 0 Å². The van der Waals surface area contributed by atoms with Crippen LogP contribution in [0.4, 0.5) is 4.79 Å². The fourth-order valence-electron chi connectivity index (χ4n) is 4.55. The van der Waals surface area contributed by atoms with Gasteiger partial charge in [0.25, 0.3) is 0 Å². The van der Waals surface area contributed by atoms with E-state index in [-0.39, 0.29) is 11.9 Å². The number of amides is 3. The highest BCUT2D eigenvalue weighted by Crippen LogP contribution is 2.25. The van der Waals surface area contributed by atoms with E-state index in [0.717, 1.165) is 44.9 Å². The van der Waals surface area contributed by atoms with E-state index >= 15 is 0 Å². The van der Waals surface area contributed by atoms with Gasteiger partial charge in [-0.1, -0.05) is 75.8 Å². The molecule has 2 rings (SSSR count). The second-order valence-electron chi connectivity index (χ2n) is 10.6. The zero-order chi connectivity index (χ0) is 26.6. The number of aliphatic hydroxyl groups excluding tert-OH is 1. The Morgan fingerprint density at radius 1 is 1.06 bits per heavy atom. The summed E-state index contributed by atoms with van der Waals surface area (Å²) in [6, 6.07) is 7.24. The quantitative estimate of drug-likeness (QED) is 0.365. The fraction of sp³-hybridized carbons (Fsp3) is 0.679. The number of nitrogens with zero attached hydrogens (tertiary/aromatic N) is 1. The van der Waals surface area contributed by atoms with Gasteiger partial charge in [-0.15, -0.1) is 0 Å². The monoisotopic (exact) mass is 503 g/mol. The number of unbranched alkanes of at least 4 members (excludes halogenated alkanes) is 3. The zero-order valence-electron chi connectivity index (χ0n) is 22.4. The highest BCUT2D eigenvalue weighted by molar-refractivity contribution is 5.92. The SMILES string of the molecule is CCCCCCN(C(=O)C(CO)NC(=O)OC(C)(C)C)C(C(=O)NC1CCCCC1)c1ccccc1. The molecule has 1 aromatic rings. The molecule has 2 unspecified atom stereocenters. The molecule has 8 nitrogen and oxygen atoms in total. The Morgan fingerprint density at radius 2 is 1.72 bits per heavy atom. The number of carbonyl (C=O) groups excluding carboxylic acids is 3. The van der Waals surface area contributed by atoms with E-state index in [1.807, 2.05) is 30.3 Å². The molecule has 36 heavy (non-hydrogen) atoms. The number of hydrogen-bond acceptors (Lipinski definition) is 5. The third kappa shape index (κ3) is 9.80. The van der Waals surface area contributed by atoms with E-state index in [2.05, 4.69) is 17.6 Å². The van der Waals surface area contributed by atoms with Crippen molar-refractivity contribution < 1.29 is 24.2 Å². The van der Waals surface area contributed by atoms with Gasteiger partial charge in [0.05, 0.1) is 6.61 Å². The summed E-state index contributed by atoms with van der Waals surface area (Å²) in [6.07, 6.45) is 8.08. The van der Waals surface area contributed by atoms with Crippen molar-refractivity contribution >= 4 is 17.9 Å². The van der Waals surface area contributed by atoms with Crippen molar-refractivity contribution in [2.45, 2.75) is 109 Å². The van der Waals surface area contributed by atoms with Crippen LogP contribution in [0, 0.1) is 0 Å². The van der Waals surface area contributed by atoms with Gasteiger partial charge in [0.1, 0.15) is 17.7 Å². The summed E-state index contributed by atoms with van der Waals surface area (Å²) in [5.41, 5.74) is -0.0528. The molecular formula is C28H45N3O5. The number of rotatable bonds is 12. The molecule has 2 atom stereocenters. The molecule has 0 aromatic heterocycles. The van der Waals surface area contributed by atoms with E-state index < -0.39 is 36.3 Å². The number of aliphatic hydroxyl groups is 1. The second-order valence-corrected chi connectivity index (χ2v) is 10.6. The van der Waals surface area contributed by atoms with Crippen LogP contribution < -0.4 is 10.6 Å². The molecule has 0 aliphatic heterocycles. The van der Waals surface area contributed by atoms with E-state index in [4.69, 9.17) is 4.74 Å². The van der Waals surface area contributed by atoms with Gasteiger partial charge in [0, 0.05) is 12.6 Å². The molecule has 1 aromatic carbocycles. The van der Waals surface area contributed by atoms with E-state index in [9.17, 15) is 19.5 Å². The fourth-order valence-corrected chi connectivity index (χ4v) is 4.55. The van der Waals surface area contributed by atoms with Crippen LogP contribution in [0.1, 0.15) is 97.1 Å². The molecule has 1 saturated carbocycles. The van der Waals surface area contributed by atoms with E-state index in [1.54, 1.807) is 20.8 Å². The maximum absolute atomic E-state index is 13.8. The third-order valence-electron chi connectivity index (χ3n) is 6.33. The molecule has 0 spiro atoms. The largest absolute Gasteiger partial charge is 0.444 e. The lowest BCUT2D eigenvalue weighted by molar-refractivity contribution is -0.143. The van der Waals surface area contributed by atoms with Gasteiger partial charge in [-0.3, -0.25) is 9.59 Å². The number of carbonyl (C=O) groups is 3. The highest BCUT2D eigenvalue weighted by Gasteiger charge is 2.36. The third-order valence-corrected chi connectivity index (χ3v) is 6.33. The van der Waals surface area contributed by atoms with Crippen LogP contribution >= 0.6 is 0 Å². The van der Waals surface area contributed by atoms with Crippen LogP contribution in [0.5, 0.6) is 0 Å². The summed E-state index contributed by atoms with van der Waals surface area (Å²) in [7, 11) is 0. The Balaban J connectivity index is 2.34. The maximum atomic E-state index is 13.8. The summed E-state index contributed by atoms with van der Waals surface area (Å²) in [6.45, 7) is 7.02. The number of ether oxygens (including phenoxy) is 1. The van der Waals surface area contributed by atoms with Crippen LogP contribution in [0.2, 0.25) is 0 Å². The molecule has 3 N–H and O–H groups in total. The Kier molecular flexibility index (Phi) is 12.2. The number of hydrogen-bond donors (Lipinski definition) is 3. The van der Waals surface area contributed by atoms with Crippen LogP contribution in [-0.4, -0.2) is 58.8 Å². The van der Waals surface area contributed by atoms with Crippen molar-refractivity contribution in [3.05, 3.63) is 35.9 Å². The van der Waals surface area contributed by atoms with Crippen LogP contribution in [-0.2, 0) is 14.3 Å². The molecule has 0 radical (unpaired) electrons. The molecular weight excluding hydrogens is 458 g/mol. The normalized spacial score (nSPS) is 16.0. The lowest BCUT2D eigenvalue weighted by Gasteiger charge is -2.35. The Labute approximate surface area is 216 Å². The van der Waals surface area contributed by atoms with Crippen molar-refractivity contribution in [2.24, 2.45) is 0 Å². The van der Waals surface area contributed by atoms with Crippen LogP contribution in [0.25, 0.3) is 0 Å². The lowest BCUT2D eigenvalue weighted by Crippen LogP contribution is -2.55. The highest BCUT2D eigenvalue weighted by atomic mass is 16.6. The summed E-state index contributed by atoms with van der Waals surface area (Å²) in [5.74, 6) is -0.738. The van der Waals surface area contributed by atoms with Crippen molar-refractivity contribution in [2.75, 3.05) is 13.2 Å². The van der Waals surface area contributed by atoms with Gasteiger partial charge in [-0.05, 0) is 45.6 Å². The van der Waals surface area contributed by atoms with Crippen molar-refractivity contribution in [1.29, 1.82) is 0 Å². The van der Waals surface area contributed by atoms with Crippen molar-refractivity contribution in [3.8, 4) is 0 Å². The van der Waals surface area contributed by atoms with Crippen LogP contribution in [0.15, 0.2) is 30.3 Å². The minimum atomic E-state index is -1.22. The molecule has 1 aliphatic carbocycles. The molecule has 1 fully saturated rings. The minimum absolute atomic E-state index is 0.0861. The summed E-state index contributed by atoms with van der Waals surface area (Å²) in [5, 5.41) is 15.7. The van der Waals surface area contributed by atoms with Gasteiger partial charge < -0.3 is 25.4 Å². The Bertz CT molecular complexity index is 818. The number of nitrogens with one attached hydrogen (secondary N) is 2. The summed E-state index contributed by atoms with van der Waals surface area (Å²) >= 11 is 0.